The first-order valence-corrected chi connectivity index (χ1v) is 8.50. The fraction of sp³-hybridized carbons (Fsp3) is 0.500. The van der Waals surface area contributed by atoms with Crippen molar-refractivity contribution < 1.29 is 13.9 Å². The first-order valence-electron chi connectivity index (χ1n) is 8.50. The third-order valence-corrected chi connectivity index (χ3v) is 4.70. The maximum atomic E-state index is 13.7. The largest absolute Gasteiger partial charge is 0.496 e. The van der Waals surface area contributed by atoms with E-state index in [-0.39, 0.29) is 29.6 Å². The van der Waals surface area contributed by atoms with Crippen LogP contribution in [0.25, 0.3) is 0 Å². The summed E-state index contributed by atoms with van der Waals surface area (Å²) in [7, 11) is 1.59. The molecule has 7 heteroatoms. The fourth-order valence-electron chi connectivity index (χ4n) is 3.27. The van der Waals surface area contributed by atoms with E-state index in [9.17, 15) is 9.18 Å². The highest BCUT2D eigenvalue weighted by Gasteiger charge is 2.32. The van der Waals surface area contributed by atoms with Gasteiger partial charge in [0.05, 0.1) is 13.2 Å². The summed E-state index contributed by atoms with van der Waals surface area (Å²) < 4.78 is 21.0. The van der Waals surface area contributed by atoms with Gasteiger partial charge >= 0.3 is 0 Å². The van der Waals surface area contributed by atoms with Gasteiger partial charge in [0, 0.05) is 23.8 Å². The second kappa shape index (κ2) is 6.82. The Morgan fingerprint density at radius 1 is 1.44 bits per heavy atom. The molecule has 0 bridgehead atoms. The van der Waals surface area contributed by atoms with Gasteiger partial charge in [-0.15, -0.1) is 5.10 Å². The molecule has 1 amide bonds. The molecule has 1 aromatic heterocycles. The number of anilines is 1. The van der Waals surface area contributed by atoms with Gasteiger partial charge in [-0.05, 0) is 31.5 Å². The van der Waals surface area contributed by atoms with Crippen molar-refractivity contribution in [2.75, 3.05) is 12.4 Å². The smallest absolute Gasteiger partial charge is 0.248 e. The normalized spacial score (nSPS) is 19.6. The molecule has 2 heterocycles. The molecule has 1 aliphatic heterocycles. The van der Waals surface area contributed by atoms with Crippen LogP contribution in [0.15, 0.2) is 18.2 Å². The second-order valence-electron chi connectivity index (χ2n) is 6.71. The number of amides is 1. The zero-order chi connectivity index (χ0) is 18.1. The maximum Gasteiger partial charge on any atom is 0.248 e. The number of nitrogens with zero attached hydrogens (tertiary/aromatic N) is 3. The Kier molecular flexibility index (Phi) is 4.74. The van der Waals surface area contributed by atoms with Gasteiger partial charge in [-0.25, -0.2) is 9.07 Å². The molecule has 25 heavy (non-hydrogen) atoms. The average molecular weight is 346 g/mol. The number of nitrogens with one attached hydrogen (secondary N) is 1. The molecule has 1 aromatic carbocycles. The summed E-state index contributed by atoms with van der Waals surface area (Å²) in [6, 6.07) is 4.57. The third kappa shape index (κ3) is 3.36. The number of carbonyl (C=O) groups excluding carboxylic acids is 1. The third-order valence-electron chi connectivity index (χ3n) is 4.70. The van der Waals surface area contributed by atoms with E-state index in [2.05, 4.69) is 15.4 Å². The number of benzene rings is 1. The van der Waals surface area contributed by atoms with E-state index < -0.39 is 0 Å². The number of aryl methyl sites for hydroxylation is 1. The Morgan fingerprint density at radius 3 is 2.88 bits per heavy atom. The maximum absolute atomic E-state index is 13.7. The lowest BCUT2D eigenvalue weighted by Gasteiger charge is -2.30. The molecule has 2 atom stereocenters. The first-order chi connectivity index (χ1) is 11.9. The SMILES string of the molecule is COc1ccc(F)cc1C1CCc2nc(NC(=O)C(C)C)nn2C1C. The molecule has 2 unspecified atom stereocenters. The Balaban J connectivity index is 1.89. The standard InChI is InChI=1S/C18H23FN4O2/c1-10(2)17(24)21-18-20-16-8-6-13(11(3)23(16)22-18)14-9-12(19)5-7-15(14)25-4/h5,7,9-11,13H,6,8H2,1-4H3,(H,21,22,24). The summed E-state index contributed by atoms with van der Waals surface area (Å²) in [4.78, 5) is 16.3. The molecule has 134 valence electrons. The number of rotatable bonds is 4. The first kappa shape index (κ1) is 17.4. The van der Waals surface area contributed by atoms with Gasteiger partial charge < -0.3 is 4.74 Å². The Hall–Kier alpha value is -2.44. The van der Waals surface area contributed by atoms with Crippen LogP contribution in [-0.2, 0) is 11.2 Å². The van der Waals surface area contributed by atoms with E-state index in [1.54, 1.807) is 13.2 Å². The summed E-state index contributed by atoms with van der Waals surface area (Å²) >= 11 is 0. The van der Waals surface area contributed by atoms with Crippen molar-refractivity contribution in [3.63, 3.8) is 0 Å². The molecule has 3 rings (SSSR count). The molecular weight excluding hydrogens is 323 g/mol. The van der Waals surface area contributed by atoms with Crippen molar-refractivity contribution in [3.05, 3.63) is 35.4 Å². The predicted molar refractivity (Wildman–Crippen MR) is 92.2 cm³/mol. The molecule has 0 saturated carbocycles. The zero-order valence-corrected chi connectivity index (χ0v) is 14.9. The fourth-order valence-corrected chi connectivity index (χ4v) is 3.27. The molecule has 0 fully saturated rings. The van der Waals surface area contributed by atoms with Gasteiger partial charge in [0.25, 0.3) is 0 Å². The summed E-state index contributed by atoms with van der Waals surface area (Å²) in [5.74, 6) is 1.37. The predicted octanol–water partition coefficient (Wildman–Crippen LogP) is 3.31. The molecule has 1 N–H and O–H groups in total. The van der Waals surface area contributed by atoms with Crippen LogP contribution in [0.5, 0.6) is 5.75 Å². The van der Waals surface area contributed by atoms with Gasteiger partial charge in [0.1, 0.15) is 17.4 Å². The van der Waals surface area contributed by atoms with Crippen LogP contribution in [0.4, 0.5) is 10.3 Å². The van der Waals surface area contributed by atoms with E-state index in [1.807, 2.05) is 25.5 Å². The van der Waals surface area contributed by atoms with Crippen LogP contribution in [0.2, 0.25) is 0 Å². The van der Waals surface area contributed by atoms with E-state index >= 15 is 0 Å². The Bertz CT molecular complexity index is 787. The van der Waals surface area contributed by atoms with E-state index in [4.69, 9.17) is 4.74 Å². The van der Waals surface area contributed by atoms with Crippen LogP contribution in [0.1, 0.15) is 50.5 Å². The van der Waals surface area contributed by atoms with Crippen molar-refractivity contribution >= 4 is 11.9 Å². The molecule has 0 radical (unpaired) electrons. The van der Waals surface area contributed by atoms with Gasteiger partial charge in [-0.1, -0.05) is 13.8 Å². The number of halogens is 1. The van der Waals surface area contributed by atoms with Crippen molar-refractivity contribution in [1.82, 2.24) is 14.8 Å². The van der Waals surface area contributed by atoms with Crippen LogP contribution in [0.3, 0.4) is 0 Å². The average Bonchev–Trinajstić information content (AvgIpc) is 2.98. The quantitative estimate of drug-likeness (QED) is 0.922. The Morgan fingerprint density at radius 2 is 2.20 bits per heavy atom. The lowest BCUT2D eigenvalue weighted by atomic mass is 9.85. The summed E-state index contributed by atoms with van der Waals surface area (Å²) in [6.45, 7) is 5.67. The van der Waals surface area contributed by atoms with Gasteiger partial charge in [0.15, 0.2) is 0 Å². The Labute approximate surface area is 146 Å². The molecule has 0 aliphatic carbocycles. The minimum absolute atomic E-state index is 0.0170. The second-order valence-corrected chi connectivity index (χ2v) is 6.71. The zero-order valence-electron chi connectivity index (χ0n) is 14.9. The van der Waals surface area contributed by atoms with Gasteiger partial charge in [-0.3, -0.25) is 10.1 Å². The molecule has 6 nitrogen and oxygen atoms in total. The monoisotopic (exact) mass is 346 g/mol. The lowest BCUT2D eigenvalue weighted by Crippen LogP contribution is -2.25. The number of aromatic nitrogens is 3. The highest BCUT2D eigenvalue weighted by atomic mass is 19.1. The minimum Gasteiger partial charge on any atom is -0.496 e. The number of hydrogen-bond acceptors (Lipinski definition) is 4. The number of carbonyl (C=O) groups is 1. The van der Waals surface area contributed by atoms with Crippen molar-refractivity contribution in [2.45, 2.75) is 45.6 Å². The molecule has 0 saturated heterocycles. The highest BCUT2D eigenvalue weighted by Crippen LogP contribution is 2.41. The van der Waals surface area contributed by atoms with Crippen molar-refractivity contribution in [2.24, 2.45) is 5.92 Å². The summed E-state index contributed by atoms with van der Waals surface area (Å²) in [5, 5.41) is 7.19. The van der Waals surface area contributed by atoms with Crippen LogP contribution in [0, 0.1) is 11.7 Å². The van der Waals surface area contributed by atoms with Gasteiger partial charge in [-0.2, -0.15) is 4.98 Å². The van der Waals surface area contributed by atoms with E-state index in [0.29, 0.717) is 18.1 Å². The van der Waals surface area contributed by atoms with Gasteiger partial charge in [0.2, 0.25) is 11.9 Å². The molecule has 1 aliphatic rings. The molecule has 0 spiro atoms. The van der Waals surface area contributed by atoms with Crippen LogP contribution < -0.4 is 10.1 Å². The highest BCUT2D eigenvalue weighted by molar-refractivity contribution is 5.90. The summed E-state index contributed by atoms with van der Waals surface area (Å²) in [6.07, 6.45) is 1.52. The molecular formula is C18H23FN4O2. The number of fused-ring (bicyclic) bond motifs is 1. The van der Waals surface area contributed by atoms with Crippen LogP contribution in [-0.4, -0.2) is 27.8 Å². The number of ether oxygens (including phenoxy) is 1. The molecule has 2 aromatic rings. The van der Waals surface area contributed by atoms with Crippen molar-refractivity contribution in [3.8, 4) is 5.75 Å². The number of methoxy groups -OCH3 is 1. The van der Waals surface area contributed by atoms with Crippen LogP contribution >= 0.6 is 0 Å². The van der Waals surface area contributed by atoms with Crippen molar-refractivity contribution in [1.29, 1.82) is 0 Å². The minimum atomic E-state index is -0.280. The van der Waals surface area contributed by atoms with E-state index in [1.165, 1.54) is 12.1 Å². The van der Waals surface area contributed by atoms with E-state index in [0.717, 1.165) is 17.8 Å². The topological polar surface area (TPSA) is 69.0 Å². The lowest BCUT2D eigenvalue weighted by molar-refractivity contribution is -0.118. The summed E-state index contributed by atoms with van der Waals surface area (Å²) in [5.41, 5.74) is 0.837. The number of hydrogen-bond donors (Lipinski definition) is 1.